The van der Waals surface area contributed by atoms with Crippen LogP contribution in [-0.2, 0) is 38.3 Å². The Labute approximate surface area is 381 Å². The molecular formula is C52H61N7O6. The van der Waals surface area contributed by atoms with Gasteiger partial charge < -0.3 is 34.9 Å². The van der Waals surface area contributed by atoms with Gasteiger partial charge in [-0.1, -0.05) is 95.2 Å². The number of amides is 4. The van der Waals surface area contributed by atoms with Crippen molar-refractivity contribution in [3.05, 3.63) is 95.5 Å². The molecule has 3 aliphatic heterocycles. The summed E-state index contributed by atoms with van der Waals surface area (Å²) in [7, 11) is 2.61. The molecule has 5 aliphatic rings. The molecule has 0 radical (unpaired) electrons. The van der Waals surface area contributed by atoms with Gasteiger partial charge in [-0.05, 0) is 112 Å². The second kappa shape index (κ2) is 18.0. The monoisotopic (exact) mass is 879 g/mol. The van der Waals surface area contributed by atoms with Gasteiger partial charge in [0.15, 0.2) is 0 Å². The van der Waals surface area contributed by atoms with Crippen molar-refractivity contribution < 1.29 is 28.7 Å². The molecule has 2 aliphatic carbocycles. The van der Waals surface area contributed by atoms with Crippen molar-refractivity contribution >= 4 is 35.4 Å². The van der Waals surface area contributed by atoms with Gasteiger partial charge in [0, 0.05) is 25.2 Å². The van der Waals surface area contributed by atoms with Crippen LogP contribution in [0.15, 0.2) is 77.9 Å². The number of carbonyl (C=O) groups excluding carboxylic acids is 4. The molecule has 65 heavy (non-hydrogen) atoms. The van der Waals surface area contributed by atoms with Crippen molar-refractivity contribution in [2.75, 3.05) is 27.3 Å². The molecule has 13 nitrogen and oxygen atoms in total. The molecule has 2 fully saturated rings. The number of aromatic nitrogens is 2. The average molecular weight is 880 g/mol. The molecule has 4 aromatic rings. The van der Waals surface area contributed by atoms with Crippen molar-refractivity contribution in [3.63, 3.8) is 0 Å². The minimum Gasteiger partial charge on any atom is -0.453 e. The first-order chi connectivity index (χ1) is 31.4. The minimum absolute atomic E-state index is 0.0830. The number of hydrogen-bond acceptors (Lipinski definition) is 8. The van der Waals surface area contributed by atoms with E-state index in [4.69, 9.17) is 19.5 Å². The number of H-pyrrole nitrogens is 1. The smallest absolute Gasteiger partial charge is 0.407 e. The topological polar surface area (TPSA) is 158 Å². The van der Waals surface area contributed by atoms with Gasteiger partial charge in [-0.3, -0.25) is 14.6 Å². The SMILES string of the molecule is COC(=O)NC(C(=O)N1CCC[C@H]1C1=Nc2ccc(-c3ccc(-c4ccc(-c5cnc([C@@H]6C=CCN6C(=O)C(NC(=O)OC)C(C)C)[nH]5)cc4)c4c3CC3(CCCC3)C4)cc2C1)C(C)C. The first-order valence-corrected chi connectivity index (χ1v) is 23.3. The highest BCUT2D eigenvalue weighted by atomic mass is 16.5. The first-order valence-electron chi connectivity index (χ1n) is 23.3. The molecule has 340 valence electrons. The van der Waals surface area contributed by atoms with Crippen molar-refractivity contribution in [1.29, 1.82) is 0 Å². The number of aliphatic imine (C=N–C) groups is 1. The van der Waals surface area contributed by atoms with Gasteiger partial charge in [-0.25, -0.2) is 14.6 Å². The zero-order valence-electron chi connectivity index (χ0n) is 38.4. The summed E-state index contributed by atoms with van der Waals surface area (Å²) >= 11 is 0. The number of ether oxygens (including phenoxy) is 2. The number of alkyl carbamates (subject to hydrolysis) is 2. The molecule has 1 aromatic heterocycles. The van der Waals surface area contributed by atoms with Crippen LogP contribution in [0.5, 0.6) is 0 Å². The van der Waals surface area contributed by atoms with Gasteiger partial charge in [0.05, 0.1) is 37.8 Å². The summed E-state index contributed by atoms with van der Waals surface area (Å²) in [6, 6.07) is 18.2. The fourth-order valence-corrected chi connectivity index (χ4v) is 11.1. The van der Waals surface area contributed by atoms with Crippen molar-refractivity contribution in [2.24, 2.45) is 22.2 Å². The maximum absolute atomic E-state index is 13.9. The Morgan fingerprint density at radius 3 is 2.00 bits per heavy atom. The minimum atomic E-state index is -0.723. The number of aromatic amines is 1. The van der Waals surface area contributed by atoms with E-state index < -0.39 is 24.3 Å². The van der Waals surface area contributed by atoms with Crippen LogP contribution in [0.2, 0.25) is 0 Å². The third-order valence-electron chi connectivity index (χ3n) is 14.6. The summed E-state index contributed by atoms with van der Waals surface area (Å²) < 4.78 is 9.63. The summed E-state index contributed by atoms with van der Waals surface area (Å²) in [5.74, 6) is 0.179. The maximum Gasteiger partial charge on any atom is 0.407 e. The van der Waals surface area contributed by atoms with E-state index in [0.29, 0.717) is 30.7 Å². The Kier molecular flexibility index (Phi) is 12.2. The summed E-state index contributed by atoms with van der Waals surface area (Å²) in [5, 5.41) is 5.47. The Morgan fingerprint density at radius 1 is 0.769 bits per heavy atom. The predicted molar refractivity (Wildman–Crippen MR) is 251 cm³/mol. The van der Waals surface area contributed by atoms with E-state index in [0.717, 1.165) is 48.3 Å². The highest BCUT2D eigenvalue weighted by Gasteiger charge is 2.43. The number of fused-ring (bicyclic) bond motifs is 2. The van der Waals surface area contributed by atoms with E-state index >= 15 is 0 Å². The zero-order valence-corrected chi connectivity index (χ0v) is 38.4. The number of nitrogens with zero attached hydrogens (tertiary/aromatic N) is 4. The standard InChI is InChI=1S/C52H61N7O6/c1-30(2)45(56-50(62)64-5)48(60)58-23-9-11-43(58)41-26-35-25-34(17-20-40(35)54-41)37-19-18-36(38-27-52(28-39(37)38)21-7-8-22-52)32-13-15-33(16-14-32)42-29-53-47(55-42)44-12-10-24-59(44)49(61)46(31(3)4)57-51(63)65-6/h10,12-20,25,29-31,43-46H,7-9,11,21-24,26-28H2,1-6H3,(H,53,55)(H,56,62)(H,57,63)/t43-,44-,45?,46?/m0/s1. The number of imidazole rings is 1. The van der Waals surface area contributed by atoms with Gasteiger partial charge in [0.1, 0.15) is 23.9 Å². The maximum atomic E-state index is 13.9. The number of rotatable bonds is 11. The zero-order chi connectivity index (χ0) is 45.6. The largest absolute Gasteiger partial charge is 0.453 e. The molecule has 2 unspecified atom stereocenters. The number of likely N-dealkylation sites (tertiary alicyclic amines) is 1. The molecule has 1 saturated carbocycles. The first kappa shape index (κ1) is 44.0. The van der Waals surface area contributed by atoms with Crippen LogP contribution in [0.25, 0.3) is 33.5 Å². The van der Waals surface area contributed by atoms with E-state index in [2.05, 4.69) is 70.2 Å². The molecule has 13 heteroatoms. The van der Waals surface area contributed by atoms with Crippen LogP contribution < -0.4 is 10.6 Å². The highest BCUT2D eigenvalue weighted by Crippen LogP contribution is 2.53. The molecular weight excluding hydrogens is 819 g/mol. The average Bonchev–Trinajstić information content (AvgIpc) is 4.17. The Balaban J connectivity index is 0.939. The molecule has 1 spiro atoms. The molecule has 9 rings (SSSR count). The fourth-order valence-electron chi connectivity index (χ4n) is 11.1. The molecule has 0 bridgehead atoms. The highest BCUT2D eigenvalue weighted by molar-refractivity contribution is 6.01. The van der Waals surface area contributed by atoms with Gasteiger partial charge in [-0.15, -0.1) is 0 Å². The molecule has 4 heterocycles. The molecule has 4 atom stereocenters. The third-order valence-corrected chi connectivity index (χ3v) is 14.6. The van der Waals surface area contributed by atoms with Gasteiger partial charge >= 0.3 is 12.2 Å². The lowest BCUT2D eigenvalue weighted by Gasteiger charge is -2.30. The Hall–Kier alpha value is -6.24. The second-order valence-electron chi connectivity index (χ2n) is 19.3. The normalized spacial score (nSPS) is 20.3. The van der Waals surface area contributed by atoms with E-state index in [1.54, 1.807) is 4.90 Å². The Bertz CT molecular complexity index is 2550. The summed E-state index contributed by atoms with van der Waals surface area (Å²) in [4.78, 5) is 68.7. The number of methoxy groups -OCH3 is 2. The molecule has 1 saturated heterocycles. The predicted octanol–water partition coefficient (Wildman–Crippen LogP) is 8.89. The van der Waals surface area contributed by atoms with Gasteiger partial charge in [0.2, 0.25) is 11.8 Å². The lowest BCUT2D eigenvalue weighted by molar-refractivity contribution is -0.135. The van der Waals surface area contributed by atoms with Crippen LogP contribution in [0.3, 0.4) is 0 Å². The lowest BCUT2D eigenvalue weighted by atomic mass is 9.82. The van der Waals surface area contributed by atoms with Crippen LogP contribution in [-0.4, -0.2) is 94.9 Å². The number of carbonyl (C=O) groups is 4. The van der Waals surface area contributed by atoms with Crippen molar-refractivity contribution in [3.8, 4) is 33.5 Å². The fraction of sp³-hybridized carbons (Fsp3) is 0.462. The van der Waals surface area contributed by atoms with Crippen LogP contribution in [0.1, 0.15) is 94.8 Å². The number of nitrogens with one attached hydrogen (secondary N) is 3. The van der Waals surface area contributed by atoms with Crippen LogP contribution >= 0.6 is 0 Å². The van der Waals surface area contributed by atoms with E-state index in [-0.39, 0.29) is 35.7 Å². The van der Waals surface area contributed by atoms with Gasteiger partial charge in [-0.2, -0.15) is 0 Å². The second-order valence-corrected chi connectivity index (χ2v) is 19.3. The van der Waals surface area contributed by atoms with Crippen molar-refractivity contribution in [2.45, 2.75) is 110 Å². The molecule has 3 N–H and O–H groups in total. The van der Waals surface area contributed by atoms with E-state index in [1.807, 2.05) is 50.9 Å². The lowest BCUT2D eigenvalue weighted by Crippen LogP contribution is -2.53. The quantitative estimate of drug-likeness (QED) is 0.127. The number of benzene rings is 3. The van der Waals surface area contributed by atoms with Crippen LogP contribution in [0, 0.1) is 17.3 Å². The summed E-state index contributed by atoms with van der Waals surface area (Å²) in [6.07, 6.45) is 14.2. The Morgan fingerprint density at radius 2 is 1.37 bits per heavy atom. The summed E-state index contributed by atoms with van der Waals surface area (Å²) in [5.41, 5.74) is 13.2. The van der Waals surface area contributed by atoms with Crippen LogP contribution in [0.4, 0.5) is 15.3 Å². The van der Waals surface area contributed by atoms with E-state index in [1.165, 1.54) is 78.8 Å². The molecule has 3 aromatic carbocycles. The van der Waals surface area contributed by atoms with Crippen molar-refractivity contribution in [1.82, 2.24) is 30.4 Å². The third kappa shape index (κ3) is 8.45. The van der Waals surface area contributed by atoms with Gasteiger partial charge in [0.25, 0.3) is 0 Å². The summed E-state index contributed by atoms with van der Waals surface area (Å²) in [6.45, 7) is 8.74. The molecule has 4 amide bonds. The number of hydrogen-bond donors (Lipinski definition) is 3. The van der Waals surface area contributed by atoms with E-state index in [9.17, 15) is 19.2 Å².